The van der Waals surface area contributed by atoms with Gasteiger partial charge in [0.2, 0.25) is 0 Å². The highest BCUT2D eigenvalue weighted by molar-refractivity contribution is 5.78. The number of benzene rings is 1. The predicted octanol–water partition coefficient (Wildman–Crippen LogP) is 2.58. The second kappa shape index (κ2) is 6.60. The van der Waals surface area contributed by atoms with Crippen LogP contribution in [-0.2, 0) is 6.42 Å². The summed E-state index contributed by atoms with van der Waals surface area (Å²) in [5.74, 6) is 1.46. The summed E-state index contributed by atoms with van der Waals surface area (Å²) in [5, 5.41) is 0. The molecular weight excluding hydrogens is 234 g/mol. The molecule has 1 aromatic rings. The third kappa shape index (κ3) is 3.98. The maximum atomic E-state index is 6.09. The zero-order valence-corrected chi connectivity index (χ0v) is 12.1. The lowest BCUT2D eigenvalue weighted by Gasteiger charge is -2.31. The molecular formula is C16H25N3. The van der Waals surface area contributed by atoms with Crippen LogP contribution >= 0.6 is 0 Å². The first-order valence-corrected chi connectivity index (χ1v) is 7.26. The van der Waals surface area contributed by atoms with E-state index in [4.69, 9.17) is 5.73 Å². The van der Waals surface area contributed by atoms with E-state index in [1.165, 1.54) is 24.0 Å². The summed E-state index contributed by atoms with van der Waals surface area (Å²) in [6.45, 7) is 7.33. The Kier molecular flexibility index (Phi) is 4.83. The fourth-order valence-corrected chi connectivity index (χ4v) is 2.68. The molecule has 1 heterocycles. The van der Waals surface area contributed by atoms with E-state index in [1.807, 2.05) is 0 Å². The average Bonchev–Trinajstić information content (AvgIpc) is 2.41. The minimum absolute atomic E-state index is 0.722. The third-order valence-corrected chi connectivity index (χ3v) is 3.90. The highest BCUT2D eigenvalue weighted by atomic mass is 15.3. The van der Waals surface area contributed by atoms with Gasteiger partial charge in [0.1, 0.15) is 0 Å². The molecule has 3 nitrogen and oxygen atoms in total. The topological polar surface area (TPSA) is 41.6 Å². The largest absolute Gasteiger partial charge is 0.370 e. The molecule has 1 fully saturated rings. The van der Waals surface area contributed by atoms with Crippen LogP contribution in [0, 0.1) is 12.8 Å². The second-order valence-electron chi connectivity index (χ2n) is 5.61. The molecule has 0 aromatic heterocycles. The summed E-state index contributed by atoms with van der Waals surface area (Å²) in [4.78, 5) is 6.77. The second-order valence-corrected chi connectivity index (χ2v) is 5.61. The Morgan fingerprint density at radius 1 is 1.42 bits per heavy atom. The minimum atomic E-state index is 0.722. The van der Waals surface area contributed by atoms with Gasteiger partial charge in [0.15, 0.2) is 5.96 Å². The van der Waals surface area contributed by atoms with Gasteiger partial charge < -0.3 is 10.6 Å². The molecule has 0 saturated carbocycles. The molecule has 0 spiro atoms. The van der Waals surface area contributed by atoms with Gasteiger partial charge in [-0.15, -0.1) is 0 Å². The molecule has 1 saturated heterocycles. The summed E-state index contributed by atoms with van der Waals surface area (Å²) in [6.07, 6.45) is 3.51. The van der Waals surface area contributed by atoms with Crippen molar-refractivity contribution in [3.8, 4) is 0 Å². The van der Waals surface area contributed by atoms with Crippen molar-refractivity contribution in [2.24, 2.45) is 16.6 Å². The Morgan fingerprint density at radius 2 is 2.21 bits per heavy atom. The quantitative estimate of drug-likeness (QED) is 0.669. The fraction of sp³-hybridized carbons (Fsp3) is 0.562. The Hall–Kier alpha value is -1.51. The Balaban J connectivity index is 1.86. The van der Waals surface area contributed by atoms with Crippen molar-refractivity contribution in [2.45, 2.75) is 33.1 Å². The molecule has 1 unspecified atom stereocenters. The molecule has 1 aromatic carbocycles. The van der Waals surface area contributed by atoms with Crippen molar-refractivity contribution in [1.29, 1.82) is 0 Å². The zero-order valence-electron chi connectivity index (χ0n) is 12.1. The van der Waals surface area contributed by atoms with Crippen molar-refractivity contribution in [2.75, 3.05) is 19.6 Å². The van der Waals surface area contributed by atoms with Gasteiger partial charge in [0.25, 0.3) is 0 Å². The standard InChI is InChI=1S/C16H25N3/c1-13-6-5-11-19(12-13)16(17)18-10-9-15-8-4-3-7-14(15)2/h3-4,7-8,13H,5-6,9-12H2,1-2H3,(H2,17,18). The van der Waals surface area contributed by atoms with Crippen LogP contribution in [0.25, 0.3) is 0 Å². The van der Waals surface area contributed by atoms with Crippen LogP contribution < -0.4 is 5.73 Å². The van der Waals surface area contributed by atoms with Crippen molar-refractivity contribution in [3.05, 3.63) is 35.4 Å². The SMILES string of the molecule is Cc1ccccc1CCN=C(N)N1CCCC(C)C1. The summed E-state index contributed by atoms with van der Waals surface area (Å²) in [6, 6.07) is 8.48. The lowest BCUT2D eigenvalue weighted by molar-refractivity contribution is 0.270. The van der Waals surface area contributed by atoms with Gasteiger partial charge in [-0.25, -0.2) is 0 Å². The summed E-state index contributed by atoms with van der Waals surface area (Å²) in [5.41, 5.74) is 8.79. The third-order valence-electron chi connectivity index (χ3n) is 3.90. The molecule has 19 heavy (non-hydrogen) atoms. The van der Waals surface area contributed by atoms with E-state index in [1.54, 1.807) is 0 Å². The van der Waals surface area contributed by atoms with Gasteiger partial charge in [-0.05, 0) is 43.2 Å². The number of aryl methyl sites for hydroxylation is 1. The number of nitrogens with zero attached hydrogens (tertiary/aromatic N) is 2. The van der Waals surface area contributed by atoms with Gasteiger partial charge >= 0.3 is 0 Å². The van der Waals surface area contributed by atoms with Gasteiger partial charge in [0.05, 0.1) is 0 Å². The van der Waals surface area contributed by atoms with Crippen LogP contribution in [0.3, 0.4) is 0 Å². The van der Waals surface area contributed by atoms with E-state index in [9.17, 15) is 0 Å². The first kappa shape index (κ1) is 13.9. The summed E-state index contributed by atoms with van der Waals surface area (Å²) < 4.78 is 0. The summed E-state index contributed by atoms with van der Waals surface area (Å²) in [7, 11) is 0. The molecule has 1 atom stereocenters. The van der Waals surface area contributed by atoms with Crippen LogP contribution in [-0.4, -0.2) is 30.5 Å². The molecule has 1 aliphatic heterocycles. The molecule has 0 bridgehead atoms. The predicted molar refractivity (Wildman–Crippen MR) is 81.3 cm³/mol. The minimum Gasteiger partial charge on any atom is -0.370 e. The molecule has 0 amide bonds. The van der Waals surface area contributed by atoms with Crippen LogP contribution in [0.15, 0.2) is 29.3 Å². The lowest BCUT2D eigenvalue weighted by Crippen LogP contribution is -2.43. The van der Waals surface area contributed by atoms with E-state index >= 15 is 0 Å². The maximum Gasteiger partial charge on any atom is 0.191 e. The molecule has 0 radical (unpaired) electrons. The normalized spacial score (nSPS) is 20.6. The highest BCUT2D eigenvalue weighted by Crippen LogP contribution is 2.15. The number of piperidine rings is 1. The lowest BCUT2D eigenvalue weighted by atomic mass is 10.0. The van der Waals surface area contributed by atoms with E-state index in [0.29, 0.717) is 0 Å². The highest BCUT2D eigenvalue weighted by Gasteiger charge is 2.17. The van der Waals surface area contributed by atoms with Crippen LogP contribution in [0.1, 0.15) is 30.9 Å². The number of hydrogen-bond acceptors (Lipinski definition) is 1. The van der Waals surface area contributed by atoms with Crippen molar-refractivity contribution in [3.63, 3.8) is 0 Å². The van der Waals surface area contributed by atoms with Crippen molar-refractivity contribution < 1.29 is 0 Å². The number of hydrogen-bond donors (Lipinski definition) is 1. The Bertz CT molecular complexity index is 439. The van der Waals surface area contributed by atoms with Gasteiger partial charge in [-0.3, -0.25) is 4.99 Å². The van der Waals surface area contributed by atoms with Gasteiger partial charge in [-0.2, -0.15) is 0 Å². The van der Waals surface area contributed by atoms with Gasteiger partial charge in [0, 0.05) is 19.6 Å². The molecule has 104 valence electrons. The monoisotopic (exact) mass is 259 g/mol. The maximum absolute atomic E-state index is 6.09. The summed E-state index contributed by atoms with van der Waals surface area (Å²) >= 11 is 0. The smallest absolute Gasteiger partial charge is 0.191 e. The average molecular weight is 259 g/mol. The molecule has 3 heteroatoms. The molecule has 2 rings (SSSR count). The van der Waals surface area contributed by atoms with Crippen molar-refractivity contribution >= 4 is 5.96 Å². The first-order valence-electron chi connectivity index (χ1n) is 7.26. The Morgan fingerprint density at radius 3 is 2.95 bits per heavy atom. The zero-order chi connectivity index (χ0) is 13.7. The van der Waals surface area contributed by atoms with E-state index in [-0.39, 0.29) is 0 Å². The van der Waals surface area contributed by atoms with Crippen LogP contribution in [0.5, 0.6) is 0 Å². The fourth-order valence-electron chi connectivity index (χ4n) is 2.68. The van der Waals surface area contributed by atoms with Crippen molar-refractivity contribution in [1.82, 2.24) is 4.90 Å². The number of guanidine groups is 1. The Labute approximate surface area is 116 Å². The molecule has 2 N–H and O–H groups in total. The molecule has 0 aliphatic carbocycles. The van der Waals surface area contributed by atoms with Gasteiger partial charge in [-0.1, -0.05) is 31.2 Å². The first-order chi connectivity index (χ1) is 9.16. The molecule has 1 aliphatic rings. The van der Waals surface area contributed by atoms with Crippen LogP contribution in [0.2, 0.25) is 0 Å². The van der Waals surface area contributed by atoms with Crippen LogP contribution in [0.4, 0.5) is 0 Å². The number of nitrogens with two attached hydrogens (primary N) is 1. The number of likely N-dealkylation sites (tertiary alicyclic amines) is 1. The number of rotatable bonds is 3. The van der Waals surface area contributed by atoms with E-state index < -0.39 is 0 Å². The van der Waals surface area contributed by atoms with E-state index in [0.717, 1.165) is 37.9 Å². The number of aliphatic imine (C=N–C) groups is 1. The van der Waals surface area contributed by atoms with E-state index in [2.05, 4.69) is 48.0 Å².